The summed E-state index contributed by atoms with van der Waals surface area (Å²) in [4.78, 5) is 24.6. The quantitative estimate of drug-likeness (QED) is 0.143. The third kappa shape index (κ3) is 12.1. The number of hydrogen-bond acceptors (Lipinski definition) is 8. The molecule has 0 saturated carbocycles. The van der Waals surface area contributed by atoms with Crippen molar-refractivity contribution in [2.24, 2.45) is 0 Å². The van der Waals surface area contributed by atoms with Gasteiger partial charge in [0.1, 0.15) is 18.0 Å². The summed E-state index contributed by atoms with van der Waals surface area (Å²) < 4.78 is 6.42. The first kappa shape index (κ1) is 76.4. The molecule has 6 aromatic heterocycles. The van der Waals surface area contributed by atoms with Gasteiger partial charge in [0, 0.05) is 53.9 Å². The molecule has 0 bridgehead atoms. The fourth-order valence-corrected chi connectivity index (χ4v) is 21.0. The van der Waals surface area contributed by atoms with Crippen LogP contribution in [0, 0.1) is 34.0 Å². The molecule has 0 saturated heterocycles. The van der Waals surface area contributed by atoms with Crippen LogP contribution < -0.4 is 0 Å². The number of aromatic nitrogens is 8. The molecule has 0 atom stereocenters. The van der Waals surface area contributed by atoms with Gasteiger partial charge in [-0.2, -0.15) is 15.8 Å². The second kappa shape index (κ2) is 30.3. The lowest BCUT2D eigenvalue weighted by Gasteiger charge is -2.24. The summed E-state index contributed by atoms with van der Waals surface area (Å²) in [5.41, 5.74) is 24.6. The highest BCUT2D eigenvalue weighted by atomic mass is 15.2. The van der Waals surface area contributed by atoms with E-state index in [0.717, 1.165) is 115 Å². The maximum Gasteiger partial charge on any atom is 0.236 e. The van der Waals surface area contributed by atoms with Crippen LogP contribution in [0.5, 0.6) is 0 Å². The average molecular weight is 1680 g/mol. The number of fused-ring (bicyclic) bond motifs is 25. The third-order valence-corrected chi connectivity index (χ3v) is 27.1. The Morgan fingerprint density at radius 2 is 0.591 bits per heavy atom. The molecular formula is C121H73N11. The first-order chi connectivity index (χ1) is 65.1. The number of rotatable bonds is 7. The Kier molecular flexibility index (Phi) is 17.6. The zero-order valence-electron chi connectivity index (χ0n) is 71.6. The van der Waals surface area contributed by atoms with Crippen molar-refractivity contribution < 1.29 is 0 Å². The highest BCUT2D eigenvalue weighted by Crippen LogP contribution is 2.53. The molecule has 612 valence electrons. The van der Waals surface area contributed by atoms with E-state index < -0.39 is 0 Å². The highest BCUT2D eigenvalue weighted by molar-refractivity contribution is 6.25. The Morgan fingerprint density at radius 1 is 0.227 bits per heavy atom. The minimum atomic E-state index is -0.120. The molecule has 0 radical (unpaired) electrons. The summed E-state index contributed by atoms with van der Waals surface area (Å²) in [5.74, 6) is 1.74. The molecule has 132 heavy (non-hydrogen) atoms. The average Bonchev–Trinajstić information content (AvgIpc) is 1.56. The number of benzene rings is 20. The van der Waals surface area contributed by atoms with E-state index in [1.807, 2.05) is 78.9 Å². The van der Waals surface area contributed by atoms with Gasteiger partial charge in [-0.3, -0.25) is 13.7 Å². The highest BCUT2D eigenvalue weighted by Gasteiger charge is 2.38. The third-order valence-electron chi connectivity index (χ3n) is 27.1. The molecule has 26 aromatic rings. The second-order valence-electron chi connectivity index (χ2n) is 34.6. The van der Waals surface area contributed by atoms with Crippen LogP contribution >= 0.6 is 0 Å². The summed E-state index contributed by atoms with van der Waals surface area (Å²) in [5, 5.41) is 53.9. The van der Waals surface area contributed by atoms with Crippen LogP contribution in [0.2, 0.25) is 0 Å². The Hall–Kier alpha value is -18.1. The maximum absolute atomic E-state index is 10.0. The summed E-state index contributed by atoms with van der Waals surface area (Å²) in [7, 11) is 0. The Labute approximate surface area is 757 Å². The fourth-order valence-electron chi connectivity index (χ4n) is 21.0. The monoisotopic (exact) mass is 1680 g/mol. The summed E-state index contributed by atoms with van der Waals surface area (Å²) in [6.07, 6.45) is 0. The van der Waals surface area contributed by atoms with Crippen molar-refractivity contribution in [3.05, 3.63) is 435 Å². The van der Waals surface area contributed by atoms with Crippen LogP contribution in [-0.2, 0) is 5.41 Å². The van der Waals surface area contributed by atoms with E-state index in [9.17, 15) is 15.8 Å². The topological polar surface area (TPSA) is 151 Å². The Balaban J connectivity index is 0.000000106. The van der Waals surface area contributed by atoms with Gasteiger partial charge in [-0.05, 0) is 228 Å². The SMILES string of the molecule is CC1(C)c2ccccc2-c2cccc(-c3ccc4c(c3)c3c5ccccc5ccc3n4-c3nc(C#N)c4ccccc4n3)c21.N#Cc1cc(-n2c3ccc(-c4ccc(-c5cccc6ccccc56)cc4)cc3c3c4ccccc4ccc32)nc2ccccc12.N#Cc1nc(-n2c3ccc(-c4ccc5c(ccc6ccccc65)c4)cc3c3c4ccccc4ccc32)nc2ccccc12. The van der Waals surface area contributed by atoms with E-state index >= 15 is 0 Å². The van der Waals surface area contributed by atoms with Gasteiger partial charge in [0.15, 0.2) is 11.4 Å². The van der Waals surface area contributed by atoms with E-state index in [2.05, 4.69) is 373 Å². The molecule has 11 heteroatoms. The largest absolute Gasteiger partial charge is 0.294 e. The molecule has 0 spiro atoms. The molecule has 0 amide bonds. The number of nitriles is 3. The zero-order chi connectivity index (χ0) is 88.0. The fraction of sp³-hybridized carbons (Fsp3) is 0.0248. The van der Waals surface area contributed by atoms with Gasteiger partial charge >= 0.3 is 0 Å². The smallest absolute Gasteiger partial charge is 0.236 e. The van der Waals surface area contributed by atoms with E-state index in [1.54, 1.807) is 0 Å². The lowest BCUT2D eigenvalue weighted by molar-refractivity contribution is 0.662. The minimum absolute atomic E-state index is 0.120. The molecule has 0 N–H and O–H groups in total. The van der Waals surface area contributed by atoms with Crippen molar-refractivity contribution in [2.45, 2.75) is 19.3 Å². The van der Waals surface area contributed by atoms with Gasteiger partial charge in [0.2, 0.25) is 11.9 Å². The standard InChI is InChI=1S/C42H25N3.C40H26N4.C39H22N4/c43-26-32-25-41(44-38-15-6-5-12-35(32)38)45-39-22-21-31(24-37(39)42-36-13-4-2-9-29(36)20-23-40(42)45)27-16-18-30(19-17-27)34-14-7-10-28-8-1-3-11-33(28)34;1-40(2)32-16-7-5-12-28(32)29-15-9-14-27(38(29)40)25-19-20-35-31(22-25)37-26-11-4-3-10-24(26)18-21-36(37)44(35)39-42-33-17-8-6-13-30(33)34(23-41)43-39;40-23-35-32-11-5-6-12-34(32)41-39(42-35)43-36-19-17-27(22-33(36)38-31-10-4-2-8-25(31)16-20-37(38)43)26-15-18-30-28(21-26)14-13-24-7-1-3-9-29(24)30/h1-25H;3-22H,1-2H3;1-22H. The van der Waals surface area contributed by atoms with E-state index in [4.69, 9.17) is 24.9 Å². The first-order valence-corrected chi connectivity index (χ1v) is 44.3. The van der Waals surface area contributed by atoms with Gasteiger partial charge in [-0.15, -0.1) is 0 Å². The molecule has 27 rings (SSSR count). The predicted octanol–water partition coefficient (Wildman–Crippen LogP) is 30.3. The molecule has 11 nitrogen and oxygen atoms in total. The van der Waals surface area contributed by atoms with E-state index in [0.29, 0.717) is 28.8 Å². The number of pyridine rings is 1. The van der Waals surface area contributed by atoms with Crippen LogP contribution in [0.1, 0.15) is 41.9 Å². The van der Waals surface area contributed by atoms with Crippen molar-refractivity contribution in [1.29, 1.82) is 15.8 Å². The molecule has 6 heterocycles. The summed E-state index contributed by atoms with van der Waals surface area (Å²) in [6, 6.07) is 150. The second-order valence-corrected chi connectivity index (χ2v) is 34.6. The molecule has 1 aliphatic carbocycles. The van der Waals surface area contributed by atoms with E-state index in [-0.39, 0.29) is 5.41 Å². The summed E-state index contributed by atoms with van der Waals surface area (Å²) >= 11 is 0. The molecule has 0 aliphatic heterocycles. The number of hydrogen-bond donors (Lipinski definition) is 0. The van der Waals surface area contributed by atoms with Gasteiger partial charge in [-0.1, -0.05) is 323 Å². The van der Waals surface area contributed by atoms with Crippen molar-refractivity contribution in [1.82, 2.24) is 38.6 Å². The lowest BCUT2D eigenvalue weighted by Crippen LogP contribution is -2.16. The van der Waals surface area contributed by atoms with E-state index in [1.165, 1.54) is 120 Å². The van der Waals surface area contributed by atoms with Crippen molar-refractivity contribution >= 4 is 163 Å². The number of para-hydroxylation sites is 3. The first-order valence-electron chi connectivity index (χ1n) is 44.3. The van der Waals surface area contributed by atoms with Gasteiger partial charge in [0.25, 0.3) is 0 Å². The molecular weight excluding hydrogens is 1610 g/mol. The number of nitrogens with zero attached hydrogens (tertiary/aromatic N) is 11. The Morgan fingerprint density at radius 3 is 1.16 bits per heavy atom. The molecule has 1 aliphatic rings. The Bertz CT molecular complexity index is 9580. The molecule has 20 aromatic carbocycles. The van der Waals surface area contributed by atoms with Crippen molar-refractivity contribution in [3.63, 3.8) is 0 Å². The van der Waals surface area contributed by atoms with Crippen LogP contribution in [-0.4, -0.2) is 38.6 Å². The van der Waals surface area contributed by atoms with Crippen LogP contribution in [0.15, 0.2) is 406 Å². The van der Waals surface area contributed by atoms with Crippen molar-refractivity contribution in [2.75, 3.05) is 0 Å². The van der Waals surface area contributed by atoms with Crippen LogP contribution in [0.25, 0.3) is 236 Å². The van der Waals surface area contributed by atoms with Crippen LogP contribution in [0.4, 0.5) is 0 Å². The predicted molar refractivity (Wildman–Crippen MR) is 542 cm³/mol. The lowest BCUT2D eigenvalue weighted by atomic mass is 9.79. The minimum Gasteiger partial charge on any atom is -0.294 e. The molecule has 0 unspecified atom stereocenters. The molecule has 0 fully saturated rings. The zero-order valence-corrected chi connectivity index (χ0v) is 71.6. The normalized spacial score (nSPS) is 12.2. The van der Waals surface area contributed by atoms with Gasteiger partial charge in [0.05, 0.1) is 61.3 Å². The van der Waals surface area contributed by atoms with Crippen LogP contribution in [0.3, 0.4) is 0 Å². The van der Waals surface area contributed by atoms with Gasteiger partial charge in [-0.25, -0.2) is 24.9 Å². The maximum atomic E-state index is 10.0. The van der Waals surface area contributed by atoms with Crippen molar-refractivity contribution in [3.8, 4) is 91.6 Å². The summed E-state index contributed by atoms with van der Waals surface area (Å²) in [6.45, 7) is 4.67. The van der Waals surface area contributed by atoms with Gasteiger partial charge < -0.3 is 0 Å².